The molecule has 6 nitrogen and oxygen atoms in total. The van der Waals surface area contributed by atoms with Crippen LogP contribution in [-0.4, -0.2) is 59.6 Å². The van der Waals surface area contributed by atoms with E-state index in [1.54, 1.807) is 0 Å². The van der Waals surface area contributed by atoms with Crippen LogP contribution < -0.4 is 5.73 Å². The fraction of sp³-hybridized carbons (Fsp3) is 0.800. The Labute approximate surface area is 134 Å². The van der Waals surface area contributed by atoms with Crippen LogP contribution in [0, 0.1) is 11.8 Å². The Morgan fingerprint density at radius 3 is 2.04 bits per heavy atom. The number of rotatable bonds is 2. The van der Waals surface area contributed by atoms with Crippen molar-refractivity contribution in [3.63, 3.8) is 0 Å². The number of halogens is 2. The van der Waals surface area contributed by atoms with Crippen LogP contribution in [0.25, 0.3) is 0 Å². The maximum absolute atomic E-state index is 13.2. The van der Waals surface area contributed by atoms with E-state index in [1.165, 1.54) is 16.7 Å². The first-order valence-corrected chi connectivity index (χ1v) is 7.91. The van der Waals surface area contributed by atoms with Crippen LogP contribution in [0.15, 0.2) is 0 Å². The number of alkyl halides is 2. The zero-order chi connectivity index (χ0) is 17.2. The Morgan fingerprint density at radius 1 is 1.00 bits per heavy atom. The van der Waals surface area contributed by atoms with Gasteiger partial charge in [0.05, 0.1) is 5.92 Å². The predicted molar refractivity (Wildman–Crippen MR) is 78.4 cm³/mol. The number of carbonyl (C=O) groups excluding carboxylic acids is 3. The normalized spacial score (nSPS) is 25.8. The average molecular weight is 331 g/mol. The minimum atomic E-state index is -2.68. The maximum atomic E-state index is 13.2. The summed E-state index contributed by atoms with van der Waals surface area (Å²) in [7, 11) is 0. The average Bonchev–Trinajstić information content (AvgIpc) is 2.69. The Balaban J connectivity index is 2.04. The predicted octanol–water partition coefficient (Wildman–Crippen LogP) is 0.604. The van der Waals surface area contributed by atoms with Gasteiger partial charge >= 0.3 is 0 Å². The van der Waals surface area contributed by atoms with E-state index >= 15 is 0 Å². The first kappa shape index (κ1) is 17.6. The second kappa shape index (κ2) is 6.80. The molecule has 3 amide bonds. The highest BCUT2D eigenvalue weighted by Crippen LogP contribution is 2.37. The smallest absolute Gasteiger partial charge is 0.248 e. The molecule has 130 valence electrons. The molecular formula is C15H23F2N3O3. The van der Waals surface area contributed by atoms with Gasteiger partial charge in [-0.15, -0.1) is 0 Å². The van der Waals surface area contributed by atoms with E-state index in [9.17, 15) is 23.2 Å². The summed E-state index contributed by atoms with van der Waals surface area (Å²) in [4.78, 5) is 38.7. The van der Waals surface area contributed by atoms with Gasteiger partial charge in [-0.05, 0) is 12.8 Å². The highest BCUT2D eigenvalue weighted by Gasteiger charge is 2.40. The molecule has 0 bridgehead atoms. The lowest BCUT2D eigenvalue weighted by Crippen LogP contribution is -2.44. The van der Waals surface area contributed by atoms with E-state index in [4.69, 9.17) is 5.73 Å². The number of hydrogen-bond acceptors (Lipinski definition) is 3. The molecule has 1 aliphatic carbocycles. The Kier molecular flexibility index (Phi) is 5.21. The second-order valence-electron chi connectivity index (χ2n) is 6.48. The van der Waals surface area contributed by atoms with Crippen LogP contribution >= 0.6 is 0 Å². The number of nitrogens with two attached hydrogens (primary N) is 1. The van der Waals surface area contributed by atoms with Crippen molar-refractivity contribution in [3.05, 3.63) is 0 Å². The van der Waals surface area contributed by atoms with E-state index in [-0.39, 0.29) is 50.6 Å². The number of primary amides is 1. The van der Waals surface area contributed by atoms with Crippen molar-refractivity contribution >= 4 is 17.7 Å². The Morgan fingerprint density at radius 2 is 1.52 bits per heavy atom. The van der Waals surface area contributed by atoms with Crippen molar-refractivity contribution in [2.75, 3.05) is 26.2 Å². The van der Waals surface area contributed by atoms with Gasteiger partial charge in [-0.25, -0.2) is 8.78 Å². The van der Waals surface area contributed by atoms with Gasteiger partial charge in [0.1, 0.15) is 0 Å². The summed E-state index contributed by atoms with van der Waals surface area (Å²) < 4.78 is 26.5. The molecule has 0 aromatic rings. The SMILES string of the molecule is CC(=O)N1CCN(C(=O)C2CCC(F)(F)CC2)C[C@@H](C(N)=O)C1. The topological polar surface area (TPSA) is 83.7 Å². The Bertz CT molecular complexity index is 488. The molecule has 0 aromatic heterocycles. The molecule has 1 saturated heterocycles. The van der Waals surface area contributed by atoms with Gasteiger partial charge in [0, 0.05) is 51.9 Å². The van der Waals surface area contributed by atoms with Crippen molar-refractivity contribution in [2.45, 2.75) is 38.5 Å². The van der Waals surface area contributed by atoms with Gasteiger partial charge in [0.25, 0.3) is 0 Å². The van der Waals surface area contributed by atoms with Crippen molar-refractivity contribution in [2.24, 2.45) is 17.6 Å². The summed E-state index contributed by atoms with van der Waals surface area (Å²) in [5.41, 5.74) is 5.36. The minimum Gasteiger partial charge on any atom is -0.369 e. The number of hydrogen-bond donors (Lipinski definition) is 1. The van der Waals surface area contributed by atoms with Crippen LogP contribution in [0.5, 0.6) is 0 Å². The third kappa shape index (κ3) is 4.39. The van der Waals surface area contributed by atoms with E-state index in [0.29, 0.717) is 13.1 Å². The molecule has 1 heterocycles. The molecule has 8 heteroatoms. The van der Waals surface area contributed by atoms with Crippen LogP contribution in [0.3, 0.4) is 0 Å². The standard InChI is InChI=1S/C15H23F2N3O3/c1-10(21)19-6-7-20(9-12(8-19)13(18)22)14(23)11-2-4-15(16,17)5-3-11/h11-12H,2-9H2,1H3,(H2,18,22)/t12-/m0/s1. The highest BCUT2D eigenvalue weighted by molar-refractivity contribution is 5.82. The van der Waals surface area contributed by atoms with E-state index in [2.05, 4.69) is 0 Å². The highest BCUT2D eigenvalue weighted by atomic mass is 19.3. The van der Waals surface area contributed by atoms with E-state index in [1.807, 2.05) is 0 Å². The molecule has 1 saturated carbocycles. The number of nitrogens with zero attached hydrogens (tertiary/aromatic N) is 2. The third-order valence-electron chi connectivity index (χ3n) is 4.75. The fourth-order valence-electron chi connectivity index (χ4n) is 3.23. The molecule has 0 radical (unpaired) electrons. The molecule has 2 aliphatic rings. The summed E-state index contributed by atoms with van der Waals surface area (Å²) in [5, 5.41) is 0. The summed E-state index contributed by atoms with van der Waals surface area (Å²) in [6.45, 7) is 2.36. The zero-order valence-corrected chi connectivity index (χ0v) is 13.3. The molecule has 1 aliphatic heterocycles. The minimum absolute atomic E-state index is 0.144. The molecule has 2 rings (SSSR count). The van der Waals surface area contributed by atoms with Crippen LogP contribution in [-0.2, 0) is 14.4 Å². The molecule has 23 heavy (non-hydrogen) atoms. The lowest BCUT2D eigenvalue weighted by molar-refractivity contribution is -0.140. The molecule has 2 fully saturated rings. The zero-order valence-electron chi connectivity index (χ0n) is 13.3. The van der Waals surface area contributed by atoms with E-state index in [0.717, 1.165) is 0 Å². The first-order chi connectivity index (χ1) is 10.7. The largest absolute Gasteiger partial charge is 0.369 e. The van der Waals surface area contributed by atoms with Gasteiger partial charge in [-0.3, -0.25) is 14.4 Å². The molecular weight excluding hydrogens is 308 g/mol. The van der Waals surface area contributed by atoms with E-state index < -0.39 is 23.7 Å². The molecule has 0 aromatic carbocycles. The number of amides is 3. The van der Waals surface area contributed by atoms with Crippen molar-refractivity contribution in [1.82, 2.24) is 9.80 Å². The van der Waals surface area contributed by atoms with Gasteiger partial charge in [0.2, 0.25) is 23.6 Å². The molecule has 0 spiro atoms. The van der Waals surface area contributed by atoms with Gasteiger partial charge < -0.3 is 15.5 Å². The van der Waals surface area contributed by atoms with Crippen LogP contribution in [0.2, 0.25) is 0 Å². The Hall–Kier alpha value is -1.73. The monoisotopic (exact) mass is 331 g/mol. The summed E-state index contributed by atoms with van der Waals surface area (Å²) in [5.74, 6) is -4.70. The second-order valence-corrected chi connectivity index (χ2v) is 6.48. The van der Waals surface area contributed by atoms with Crippen molar-refractivity contribution in [1.29, 1.82) is 0 Å². The fourth-order valence-corrected chi connectivity index (χ4v) is 3.23. The molecule has 2 N–H and O–H groups in total. The molecule has 1 atom stereocenters. The van der Waals surface area contributed by atoms with Gasteiger partial charge in [-0.2, -0.15) is 0 Å². The lowest BCUT2D eigenvalue weighted by Gasteiger charge is -2.32. The van der Waals surface area contributed by atoms with Gasteiger partial charge in [0.15, 0.2) is 0 Å². The van der Waals surface area contributed by atoms with Crippen LogP contribution in [0.4, 0.5) is 8.78 Å². The number of carbonyl (C=O) groups is 3. The quantitative estimate of drug-likeness (QED) is 0.804. The first-order valence-electron chi connectivity index (χ1n) is 7.91. The summed E-state index contributed by atoms with van der Waals surface area (Å²) >= 11 is 0. The molecule has 0 unspecified atom stereocenters. The maximum Gasteiger partial charge on any atom is 0.248 e. The van der Waals surface area contributed by atoms with Gasteiger partial charge in [-0.1, -0.05) is 0 Å². The lowest BCUT2D eigenvalue weighted by atomic mass is 9.85. The van der Waals surface area contributed by atoms with Crippen molar-refractivity contribution in [3.8, 4) is 0 Å². The summed E-state index contributed by atoms with van der Waals surface area (Å²) in [6, 6.07) is 0. The summed E-state index contributed by atoms with van der Waals surface area (Å²) in [6.07, 6.45) is -0.258. The van der Waals surface area contributed by atoms with Crippen LogP contribution in [0.1, 0.15) is 32.6 Å². The van der Waals surface area contributed by atoms with Crippen molar-refractivity contribution < 1.29 is 23.2 Å². The third-order valence-corrected chi connectivity index (χ3v) is 4.75.